The molecule has 1 aliphatic heterocycles. The second kappa shape index (κ2) is 5.97. The van der Waals surface area contributed by atoms with E-state index < -0.39 is 0 Å². The molecule has 19 heavy (non-hydrogen) atoms. The predicted molar refractivity (Wildman–Crippen MR) is 87.1 cm³/mol. The Morgan fingerprint density at radius 1 is 1.21 bits per heavy atom. The molecule has 2 fully saturated rings. The van der Waals surface area contributed by atoms with Gasteiger partial charge in [-0.15, -0.1) is 17.0 Å². The van der Waals surface area contributed by atoms with Gasteiger partial charge in [-0.25, -0.2) is 0 Å². The van der Waals surface area contributed by atoms with Crippen molar-refractivity contribution in [2.45, 2.75) is 38.5 Å². The summed E-state index contributed by atoms with van der Waals surface area (Å²) >= 11 is 0. The maximum Gasteiger partial charge on any atom is 0.00156 e. The van der Waals surface area contributed by atoms with E-state index >= 15 is 0 Å². The van der Waals surface area contributed by atoms with Gasteiger partial charge >= 0.3 is 0 Å². The van der Waals surface area contributed by atoms with Crippen LogP contribution in [-0.4, -0.2) is 24.5 Å². The third-order valence-electron chi connectivity index (χ3n) is 5.21. The van der Waals surface area contributed by atoms with E-state index in [4.69, 9.17) is 0 Å². The van der Waals surface area contributed by atoms with Crippen LogP contribution in [0.5, 0.6) is 0 Å². The van der Waals surface area contributed by atoms with Gasteiger partial charge in [-0.3, -0.25) is 0 Å². The Morgan fingerprint density at radius 3 is 2.47 bits per heavy atom. The number of likely N-dealkylation sites (tertiary alicyclic amines) is 1. The molecule has 1 heterocycles. The number of nitrogens with zero attached hydrogens (tertiary/aromatic N) is 1. The molecule has 2 heteroatoms. The minimum Gasteiger partial charge on any atom is -0.303 e. The number of hydrogen-bond donors (Lipinski definition) is 0. The van der Waals surface area contributed by atoms with Crippen molar-refractivity contribution >= 4 is 17.0 Å². The van der Waals surface area contributed by atoms with Crippen molar-refractivity contribution in [2.75, 3.05) is 19.6 Å². The molecular weight excluding hydrogens is 298 g/mol. The van der Waals surface area contributed by atoms with Crippen molar-refractivity contribution in [3.05, 3.63) is 35.9 Å². The Labute approximate surface area is 128 Å². The highest BCUT2D eigenvalue weighted by Crippen LogP contribution is 2.40. The second-order valence-electron chi connectivity index (χ2n) is 6.64. The second-order valence-corrected chi connectivity index (χ2v) is 6.64. The molecular formula is C17H26BrN. The summed E-state index contributed by atoms with van der Waals surface area (Å²) in [6, 6.07) is 11.1. The van der Waals surface area contributed by atoms with Gasteiger partial charge in [-0.2, -0.15) is 0 Å². The molecule has 0 unspecified atom stereocenters. The Morgan fingerprint density at radius 2 is 1.89 bits per heavy atom. The summed E-state index contributed by atoms with van der Waals surface area (Å²) in [6.07, 6.45) is 4.26. The lowest BCUT2D eigenvalue weighted by molar-refractivity contribution is 0.107. The molecule has 1 aliphatic carbocycles. The molecule has 1 nitrogen and oxygen atoms in total. The minimum atomic E-state index is 0. The van der Waals surface area contributed by atoms with Crippen LogP contribution in [0, 0.1) is 11.8 Å². The maximum absolute atomic E-state index is 2.70. The van der Waals surface area contributed by atoms with Crippen molar-refractivity contribution in [1.29, 1.82) is 0 Å². The topological polar surface area (TPSA) is 3.24 Å². The molecule has 1 aromatic rings. The third-order valence-corrected chi connectivity index (χ3v) is 5.21. The number of benzene rings is 1. The van der Waals surface area contributed by atoms with Gasteiger partial charge in [0, 0.05) is 13.1 Å². The zero-order valence-electron chi connectivity index (χ0n) is 12.1. The Balaban J connectivity index is 0.00000133. The Kier molecular flexibility index (Phi) is 4.73. The van der Waals surface area contributed by atoms with Crippen LogP contribution in [0.4, 0.5) is 0 Å². The van der Waals surface area contributed by atoms with Crippen LogP contribution in [-0.2, 0) is 5.41 Å². The molecule has 0 radical (unpaired) electrons. The summed E-state index contributed by atoms with van der Waals surface area (Å²) in [4.78, 5) is 2.70. The number of hydrogen-bond acceptors (Lipinski definition) is 1. The lowest BCUT2D eigenvalue weighted by atomic mass is 9.68. The van der Waals surface area contributed by atoms with Gasteiger partial charge in [0.05, 0.1) is 0 Å². The Hall–Kier alpha value is -0.340. The van der Waals surface area contributed by atoms with Gasteiger partial charge in [0.15, 0.2) is 0 Å². The van der Waals surface area contributed by atoms with Gasteiger partial charge in [-0.1, -0.05) is 44.2 Å². The molecule has 0 aromatic heterocycles. The number of piperidine rings is 1. The molecule has 0 N–H and O–H groups in total. The lowest BCUT2D eigenvalue weighted by Gasteiger charge is -2.45. The third kappa shape index (κ3) is 3.22. The van der Waals surface area contributed by atoms with Crippen LogP contribution in [0.1, 0.15) is 38.7 Å². The first-order valence-electron chi connectivity index (χ1n) is 7.46. The predicted octanol–water partition coefficient (Wildman–Crippen LogP) is 4.27. The fourth-order valence-corrected chi connectivity index (χ4v) is 3.40. The minimum absolute atomic E-state index is 0. The largest absolute Gasteiger partial charge is 0.303 e. The van der Waals surface area contributed by atoms with E-state index in [1.165, 1.54) is 44.5 Å². The zero-order chi connectivity index (χ0) is 12.6. The summed E-state index contributed by atoms with van der Waals surface area (Å²) in [5.41, 5.74) is 1.91. The quantitative estimate of drug-likeness (QED) is 0.802. The van der Waals surface area contributed by atoms with Crippen LogP contribution in [0.2, 0.25) is 0 Å². The van der Waals surface area contributed by atoms with Crippen LogP contribution < -0.4 is 0 Å². The smallest absolute Gasteiger partial charge is 0.00156 e. The number of rotatable bonds is 3. The van der Waals surface area contributed by atoms with E-state index in [1.54, 1.807) is 0 Å². The molecule has 2 aliphatic rings. The first-order valence-corrected chi connectivity index (χ1v) is 7.46. The first-order chi connectivity index (χ1) is 8.68. The van der Waals surface area contributed by atoms with E-state index in [0.717, 1.165) is 11.8 Å². The molecule has 2 atom stereocenters. The highest BCUT2D eigenvalue weighted by Gasteiger charge is 2.38. The standard InChI is InChI=1S/C17H25N.BrH/c1-14-12-18(13-15-8-9-15)11-10-17(14,2)16-6-4-3-5-7-16;/h3-7,14-15H,8-13H2,1-2H3;1H/t14-,17-;/m0./s1. The molecule has 1 saturated carbocycles. The van der Waals surface area contributed by atoms with Crippen molar-refractivity contribution in [2.24, 2.45) is 11.8 Å². The zero-order valence-corrected chi connectivity index (χ0v) is 13.9. The molecule has 3 rings (SSSR count). The van der Waals surface area contributed by atoms with E-state index in [-0.39, 0.29) is 17.0 Å². The molecule has 1 aromatic carbocycles. The van der Waals surface area contributed by atoms with Crippen LogP contribution >= 0.6 is 17.0 Å². The maximum atomic E-state index is 2.70. The average molecular weight is 324 g/mol. The van der Waals surface area contributed by atoms with Gasteiger partial charge < -0.3 is 4.90 Å². The van der Waals surface area contributed by atoms with E-state index in [2.05, 4.69) is 49.1 Å². The van der Waals surface area contributed by atoms with E-state index in [1.807, 2.05) is 0 Å². The summed E-state index contributed by atoms with van der Waals surface area (Å²) < 4.78 is 0. The molecule has 0 bridgehead atoms. The van der Waals surface area contributed by atoms with Crippen LogP contribution in [0.15, 0.2) is 30.3 Å². The Bertz CT molecular complexity index is 401. The monoisotopic (exact) mass is 323 g/mol. The fraction of sp³-hybridized carbons (Fsp3) is 0.647. The number of halogens is 1. The van der Waals surface area contributed by atoms with Gasteiger partial charge in [0.25, 0.3) is 0 Å². The summed E-state index contributed by atoms with van der Waals surface area (Å²) in [5, 5.41) is 0. The molecule has 106 valence electrons. The lowest BCUT2D eigenvalue weighted by Crippen LogP contribution is -2.47. The fourth-order valence-electron chi connectivity index (χ4n) is 3.40. The van der Waals surface area contributed by atoms with Gasteiger partial charge in [0.1, 0.15) is 0 Å². The van der Waals surface area contributed by atoms with Crippen molar-refractivity contribution < 1.29 is 0 Å². The SMILES string of the molecule is Br.C[C@H]1CN(CC2CC2)CC[C@]1(C)c1ccccc1. The van der Waals surface area contributed by atoms with E-state index in [0.29, 0.717) is 5.41 Å². The van der Waals surface area contributed by atoms with Crippen molar-refractivity contribution in [1.82, 2.24) is 4.90 Å². The van der Waals surface area contributed by atoms with Crippen molar-refractivity contribution in [3.8, 4) is 0 Å². The normalized spacial score (nSPS) is 31.8. The van der Waals surface area contributed by atoms with Gasteiger partial charge in [0.2, 0.25) is 0 Å². The van der Waals surface area contributed by atoms with Crippen LogP contribution in [0.3, 0.4) is 0 Å². The first kappa shape index (κ1) is 15.1. The van der Waals surface area contributed by atoms with E-state index in [9.17, 15) is 0 Å². The molecule has 1 saturated heterocycles. The summed E-state index contributed by atoms with van der Waals surface area (Å²) in [6.45, 7) is 8.82. The summed E-state index contributed by atoms with van der Waals surface area (Å²) in [5.74, 6) is 1.78. The molecule has 0 spiro atoms. The highest BCUT2D eigenvalue weighted by molar-refractivity contribution is 8.93. The average Bonchev–Trinajstić information content (AvgIpc) is 3.19. The van der Waals surface area contributed by atoms with Crippen molar-refractivity contribution in [3.63, 3.8) is 0 Å². The van der Waals surface area contributed by atoms with Crippen LogP contribution in [0.25, 0.3) is 0 Å². The summed E-state index contributed by atoms with van der Waals surface area (Å²) in [7, 11) is 0. The molecule has 0 amide bonds. The highest BCUT2D eigenvalue weighted by atomic mass is 79.9. The van der Waals surface area contributed by atoms with Gasteiger partial charge in [-0.05, 0) is 48.6 Å².